The van der Waals surface area contributed by atoms with Crippen LogP contribution in [0, 0.1) is 0 Å². The Labute approximate surface area is 267 Å². The molecule has 1 aromatic heterocycles. The molecule has 1 aliphatic rings. The summed E-state index contributed by atoms with van der Waals surface area (Å²) < 4.78 is 8.54. The highest BCUT2D eigenvalue weighted by atomic mass is 16.5. The molecular weight excluding hydrogens is 580 g/mol. The Morgan fingerprint density at radius 1 is 0.848 bits per heavy atom. The van der Waals surface area contributed by atoms with Gasteiger partial charge in [-0.05, 0) is 96.3 Å². The summed E-state index contributed by atoms with van der Waals surface area (Å²) >= 11 is 0. The Morgan fingerprint density at radius 2 is 1.50 bits per heavy atom. The molecular formula is C37H36N4O5. The molecule has 1 heterocycles. The molecule has 0 spiro atoms. The van der Waals surface area contributed by atoms with Crippen LogP contribution in [0.15, 0.2) is 84.9 Å². The number of nitrogens with zero attached hydrogens (tertiary/aromatic N) is 3. The van der Waals surface area contributed by atoms with Crippen molar-refractivity contribution in [3.8, 4) is 28.3 Å². The van der Waals surface area contributed by atoms with Gasteiger partial charge in [0.25, 0.3) is 5.91 Å². The summed E-state index contributed by atoms with van der Waals surface area (Å²) in [5.74, 6) is -0.119. The molecule has 0 radical (unpaired) electrons. The third-order valence-corrected chi connectivity index (χ3v) is 8.62. The first-order chi connectivity index (χ1) is 22.2. The first-order valence-corrected chi connectivity index (χ1v) is 15.4. The first kappa shape index (κ1) is 30.6. The largest absolute Gasteiger partial charge is 0.489 e. The van der Waals surface area contributed by atoms with Gasteiger partial charge in [0.15, 0.2) is 0 Å². The van der Waals surface area contributed by atoms with Crippen molar-refractivity contribution in [3.63, 3.8) is 0 Å². The van der Waals surface area contributed by atoms with Gasteiger partial charge in [-0.25, -0.2) is 9.78 Å². The van der Waals surface area contributed by atoms with Gasteiger partial charge in [0, 0.05) is 36.8 Å². The highest BCUT2D eigenvalue weighted by Crippen LogP contribution is 2.37. The van der Waals surface area contributed by atoms with Gasteiger partial charge < -0.3 is 25.0 Å². The van der Waals surface area contributed by atoms with E-state index in [1.54, 1.807) is 44.4 Å². The summed E-state index contributed by atoms with van der Waals surface area (Å²) in [6, 6.07) is 25.8. The number of fused-ring (bicyclic) bond motifs is 1. The second-order valence-corrected chi connectivity index (χ2v) is 11.9. The molecule has 1 aliphatic carbocycles. The van der Waals surface area contributed by atoms with Gasteiger partial charge >= 0.3 is 5.97 Å². The Balaban J connectivity index is 1.30. The van der Waals surface area contributed by atoms with Gasteiger partial charge in [-0.2, -0.15) is 0 Å². The van der Waals surface area contributed by atoms with E-state index in [2.05, 4.69) is 4.57 Å². The molecule has 6 rings (SSSR count). The number of hydrogen-bond acceptors (Lipinski definition) is 5. The zero-order chi connectivity index (χ0) is 32.4. The Morgan fingerprint density at radius 3 is 2.15 bits per heavy atom. The summed E-state index contributed by atoms with van der Waals surface area (Å²) in [5, 5.41) is 9.54. The SMILES string of the molecule is CN(C)C(=O)c1ccc(-c2ccc(C(N)=O)cc2)c(COc2ccc(-c3nc4cc(C(=O)O)ccc4n3C3CCCCC3)cc2)c1. The van der Waals surface area contributed by atoms with Crippen LogP contribution < -0.4 is 10.5 Å². The Hall–Kier alpha value is -5.44. The molecule has 0 saturated heterocycles. The summed E-state index contributed by atoms with van der Waals surface area (Å²) in [5.41, 5.74) is 11.7. The fraction of sp³-hybridized carbons (Fsp3) is 0.243. The molecule has 0 aliphatic heterocycles. The molecule has 46 heavy (non-hydrogen) atoms. The molecule has 0 atom stereocenters. The van der Waals surface area contributed by atoms with Crippen LogP contribution in [0.1, 0.15) is 74.8 Å². The normalized spacial score (nSPS) is 13.4. The molecule has 9 heteroatoms. The Kier molecular flexibility index (Phi) is 8.57. The van der Waals surface area contributed by atoms with E-state index in [0.29, 0.717) is 28.4 Å². The van der Waals surface area contributed by atoms with Gasteiger partial charge in [-0.1, -0.05) is 37.5 Å². The molecule has 234 valence electrons. The number of carboxylic acid groups (broad SMARTS) is 1. The molecule has 2 amide bonds. The predicted octanol–water partition coefficient (Wildman–Crippen LogP) is 6.95. The lowest BCUT2D eigenvalue weighted by molar-refractivity contribution is 0.0696. The number of benzene rings is 4. The number of rotatable bonds is 9. The Bertz CT molecular complexity index is 1920. The number of hydrogen-bond donors (Lipinski definition) is 2. The van der Waals surface area contributed by atoms with Gasteiger partial charge in [-0.3, -0.25) is 9.59 Å². The van der Waals surface area contributed by atoms with E-state index in [4.69, 9.17) is 15.5 Å². The molecule has 4 aromatic carbocycles. The van der Waals surface area contributed by atoms with E-state index in [1.807, 2.05) is 54.6 Å². The predicted molar refractivity (Wildman–Crippen MR) is 177 cm³/mol. The van der Waals surface area contributed by atoms with Gasteiger partial charge in [-0.15, -0.1) is 0 Å². The molecule has 9 nitrogen and oxygen atoms in total. The van der Waals surface area contributed by atoms with Crippen LogP contribution in [0.3, 0.4) is 0 Å². The lowest BCUT2D eigenvalue weighted by Crippen LogP contribution is -2.21. The van der Waals surface area contributed by atoms with Crippen molar-refractivity contribution in [2.45, 2.75) is 44.8 Å². The van der Waals surface area contributed by atoms with E-state index in [1.165, 1.54) is 11.3 Å². The number of aromatic carboxylic acids is 1. The highest BCUT2D eigenvalue weighted by molar-refractivity contribution is 5.96. The van der Waals surface area contributed by atoms with Crippen LogP contribution in [-0.2, 0) is 6.61 Å². The lowest BCUT2D eigenvalue weighted by atomic mass is 9.95. The number of aromatic nitrogens is 2. The number of carbonyl (C=O) groups excluding carboxylic acids is 2. The maximum absolute atomic E-state index is 12.8. The topological polar surface area (TPSA) is 128 Å². The van der Waals surface area contributed by atoms with Crippen LogP contribution in [0.5, 0.6) is 5.75 Å². The quantitative estimate of drug-likeness (QED) is 0.184. The zero-order valence-electron chi connectivity index (χ0n) is 25.9. The maximum Gasteiger partial charge on any atom is 0.335 e. The smallest absolute Gasteiger partial charge is 0.335 e. The maximum atomic E-state index is 12.8. The van der Waals surface area contributed by atoms with Crippen molar-refractivity contribution < 1.29 is 24.2 Å². The minimum Gasteiger partial charge on any atom is -0.489 e. The molecule has 0 unspecified atom stereocenters. The third kappa shape index (κ3) is 6.21. The summed E-state index contributed by atoms with van der Waals surface area (Å²) in [6.45, 7) is 0.208. The minimum atomic E-state index is -0.973. The fourth-order valence-corrected chi connectivity index (χ4v) is 6.21. The highest BCUT2D eigenvalue weighted by Gasteiger charge is 2.23. The number of carbonyl (C=O) groups is 3. The first-order valence-electron chi connectivity index (χ1n) is 15.4. The molecule has 1 saturated carbocycles. The number of ether oxygens (including phenoxy) is 1. The van der Waals surface area contributed by atoms with Crippen LogP contribution in [-0.4, -0.2) is 51.4 Å². The van der Waals surface area contributed by atoms with Crippen molar-refractivity contribution in [3.05, 3.63) is 107 Å². The monoisotopic (exact) mass is 616 g/mol. The number of carboxylic acids is 1. The van der Waals surface area contributed by atoms with E-state index in [9.17, 15) is 19.5 Å². The van der Waals surface area contributed by atoms with Crippen molar-refractivity contribution >= 4 is 28.8 Å². The van der Waals surface area contributed by atoms with Gasteiger partial charge in [0.05, 0.1) is 16.6 Å². The van der Waals surface area contributed by atoms with Crippen molar-refractivity contribution in [2.75, 3.05) is 14.1 Å². The average molecular weight is 617 g/mol. The molecule has 5 aromatic rings. The van der Waals surface area contributed by atoms with Crippen LogP contribution >= 0.6 is 0 Å². The van der Waals surface area contributed by atoms with Crippen molar-refractivity contribution in [2.24, 2.45) is 5.73 Å². The fourth-order valence-electron chi connectivity index (χ4n) is 6.21. The van der Waals surface area contributed by atoms with Gasteiger partial charge in [0.2, 0.25) is 5.91 Å². The van der Waals surface area contributed by atoms with Crippen LogP contribution in [0.2, 0.25) is 0 Å². The molecule has 1 fully saturated rings. The summed E-state index contributed by atoms with van der Waals surface area (Å²) in [4.78, 5) is 42.5. The number of amides is 2. The minimum absolute atomic E-state index is 0.113. The molecule has 0 bridgehead atoms. The second kappa shape index (κ2) is 12.9. The van der Waals surface area contributed by atoms with E-state index in [0.717, 1.165) is 59.3 Å². The number of nitrogens with two attached hydrogens (primary N) is 1. The number of imidazole rings is 1. The lowest BCUT2D eigenvalue weighted by Gasteiger charge is -2.25. The standard InChI is InChI=1S/C37H36N4O5/c1-40(2)36(43)26-14-18-31(23-8-10-24(11-9-23)34(38)42)28(20-26)22-46-30-16-12-25(13-17-30)35-39-32-21-27(37(44)45)15-19-33(32)41(35)29-6-4-3-5-7-29/h8-21,29H,3-7,22H2,1-2H3,(H2,38,42)(H,44,45). The van der Waals surface area contributed by atoms with E-state index < -0.39 is 11.9 Å². The van der Waals surface area contributed by atoms with Crippen molar-refractivity contribution in [1.29, 1.82) is 0 Å². The molecule has 3 N–H and O–H groups in total. The van der Waals surface area contributed by atoms with E-state index >= 15 is 0 Å². The van der Waals surface area contributed by atoms with Crippen LogP contribution in [0.25, 0.3) is 33.5 Å². The average Bonchev–Trinajstić information content (AvgIpc) is 3.46. The summed E-state index contributed by atoms with van der Waals surface area (Å²) in [6.07, 6.45) is 5.65. The second-order valence-electron chi connectivity index (χ2n) is 11.9. The van der Waals surface area contributed by atoms with Gasteiger partial charge in [0.1, 0.15) is 18.2 Å². The van der Waals surface area contributed by atoms with Crippen LogP contribution in [0.4, 0.5) is 0 Å². The van der Waals surface area contributed by atoms with E-state index in [-0.39, 0.29) is 18.1 Å². The summed E-state index contributed by atoms with van der Waals surface area (Å²) in [7, 11) is 3.42. The number of primary amides is 1. The zero-order valence-corrected chi connectivity index (χ0v) is 25.9. The van der Waals surface area contributed by atoms with Crippen molar-refractivity contribution in [1.82, 2.24) is 14.5 Å². The third-order valence-electron chi connectivity index (χ3n) is 8.62.